The summed E-state index contributed by atoms with van der Waals surface area (Å²) < 4.78 is 5.32. The quantitative estimate of drug-likeness (QED) is 0.395. The van der Waals surface area contributed by atoms with E-state index in [0.29, 0.717) is 35.3 Å². The standard InChI is InChI=1S/C19H26N2O6/c1-10-11(2)16(23)13(12(3)15(10)22)6-7-19(9-27-19)18(26)21-14(17(24)25)5-4-8-20/h14H,4-9,20H2,1-3H3,(H,21,26)(H,24,25)/t14-,19-/m1/s1. The number of nitrogens with two attached hydrogens (primary N) is 1. The van der Waals surface area contributed by atoms with Crippen molar-refractivity contribution >= 4 is 23.4 Å². The van der Waals surface area contributed by atoms with E-state index in [2.05, 4.69) is 5.32 Å². The Labute approximate surface area is 157 Å². The lowest BCUT2D eigenvalue weighted by Crippen LogP contribution is -2.47. The van der Waals surface area contributed by atoms with Crippen molar-refractivity contribution in [2.45, 2.75) is 58.1 Å². The number of nitrogens with one attached hydrogen (secondary N) is 1. The van der Waals surface area contributed by atoms with Gasteiger partial charge in [0.1, 0.15) is 6.04 Å². The number of epoxide rings is 1. The van der Waals surface area contributed by atoms with Crippen molar-refractivity contribution in [3.63, 3.8) is 0 Å². The van der Waals surface area contributed by atoms with E-state index in [1.807, 2.05) is 0 Å². The number of carbonyl (C=O) groups excluding carboxylic acids is 3. The number of Topliss-reactive ketones (excluding diaryl/α,β-unsaturated/α-hetero) is 2. The zero-order valence-electron chi connectivity index (χ0n) is 15.9. The van der Waals surface area contributed by atoms with Gasteiger partial charge in [-0.15, -0.1) is 0 Å². The Bertz CT molecular complexity index is 745. The summed E-state index contributed by atoms with van der Waals surface area (Å²) in [5, 5.41) is 11.7. The Hall–Kier alpha value is -2.32. The normalized spacial score (nSPS) is 23.6. The van der Waals surface area contributed by atoms with E-state index < -0.39 is 23.5 Å². The average Bonchev–Trinajstić information content (AvgIpc) is 3.42. The van der Waals surface area contributed by atoms with E-state index in [-0.39, 0.29) is 37.4 Å². The van der Waals surface area contributed by atoms with Gasteiger partial charge in [-0.3, -0.25) is 14.4 Å². The van der Waals surface area contributed by atoms with Crippen LogP contribution in [0.5, 0.6) is 0 Å². The van der Waals surface area contributed by atoms with Crippen LogP contribution in [-0.2, 0) is 23.9 Å². The number of hydrogen-bond acceptors (Lipinski definition) is 6. The minimum Gasteiger partial charge on any atom is -0.480 e. The van der Waals surface area contributed by atoms with E-state index in [0.717, 1.165) is 0 Å². The molecule has 0 radical (unpaired) electrons. The maximum Gasteiger partial charge on any atom is 0.326 e. The summed E-state index contributed by atoms with van der Waals surface area (Å²) in [6.07, 6.45) is 1.13. The van der Waals surface area contributed by atoms with Crippen LogP contribution in [-0.4, -0.2) is 53.3 Å². The minimum absolute atomic E-state index is 0.157. The smallest absolute Gasteiger partial charge is 0.326 e. The molecule has 1 aliphatic carbocycles. The number of rotatable bonds is 9. The van der Waals surface area contributed by atoms with Crippen molar-refractivity contribution < 1.29 is 29.0 Å². The minimum atomic E-state index is -1.14. The summed E-state index contributed by atoms with van der Waals surface area (Å²) >= 11 is 0. The van der Waals surface area contributed by atoms with E-state index in [1.165, 1.54) is 0 Å². The molecule has 0 aromatic carbocycles. The first-order valence-corrected chi connectivity index (χ1v) is 8.99. The molecular weight excluding hydrogens is 352 g/mol. The van der Waals surface area contributed by atoms with Crippen LogP contribution in [0.4, 0.5) is 0 Å². The maximum absolute atomic E-state index is 12.5. The zero-order valence-corrected chi connectivity index (χ0v) is 15.9. The van der Waals surface area contributed by atoms with E-state index >= 15 is 0 Å². The van der Waals surface area contributed by atoms with Gasteiger partial charge in [-0.25, -0.2) is 4.79 Å². The molecule has 0 bridgehead atoms. The largest absolute Gasteiger partial charge is 0.480 e. The van der Waals surface area contributed by atoms with Crippen molar-refractivity contribution in [1.29, 1.82) is 0 Å². The summed E-state index contributed by atoms with van der Waals surface area (Å²) in [7, 11) is 0. The number of amides is 1. The zero-order chi connectivity index (χ0) is 20.4. The fraction of sp³-hybridized carbons (Fsp3) is 0.579. The number of carboxylic acid groups (broad SMARTS) is 1. The number of carbonyl (C=O) groups is 4. The Kier molecular flexibility index (Phi) is 6.33. The van der Waals surface area contributed by atoms with Crippen molar-refractivity contribution in [3.05, 3.63) is 22.3 Å². The van der Waals surface area contributed by atoms with Crippen molar-refractivity contribution in [3.8, 4) is 0 Å². The van der Waals surface area contributed by atoms with Crippen LogP contribution in [0, 0.1) is 0 Å². The van der Waals surface area contributed by atoms with Crippen LogP contribution >= 0.6 is 0 Å². The van der Waals surface area contributed by atoms with E-state index in [4.69, 9.17) is 10.5 Å². The first-order valence-electron chi connectivity index (χ1n) is 8.99. The van der Waals surface area contributed by atoms with Crippen molar-refractivity contribution in [2.24, 2.45) is 5.73 Å². The third kappa shape index (κ3) is 4.33. The molecule has 27 heavy (non-hydrogen) atoms. The molecule has 148 valence electrons. The lowest BCUT2D eigenvalue weighted by Gasteiger charge is -2.21. The molecule has 1 fully saturated rings. The first kappa shape index (κ1) is 21.0. The summed E-state index contributed by atoms with van der Waals surface area (Å²) in [5.74, 6) is -1.99. The maximum atomic E-state index is 12.5. The van der Waals surface area contributed by atoms with Crippen molar-refractivity contribution in [2.75, 3.05) is 13.2 Å². The molecule has 2 atom stereocenters. The molecule has 8 heteroatoms. The second kappa shape index (κ2) is 8.14. The number of ether oxygens (including phenoxy) is 1. The summed E-state index contributed by atoms with van der Waals surface area (Å²) in [4.78, 5) is 48.5. The molecular formula is C19H26N2O6. The third-order valence-electron chi connectivity index (χ3n) is 5.30. The van der Waals surface area contributed by atoms with Gasteiger partial charge < -0.3 is 20.9 Å². The molecule has 2 rings (SSSR count). The molecule has 0 aromatic heterocycles. The average molecular weight is 378 g/mol. The molecule has 1 saturated heterocycles. The van der Waals surface area contributed by atoms with Crippen LogP contribution in [0.3, 0.4) is 0 Å². The van der Waals surface area contributed by atoms with Crippen molar-refractivity contribution in [1.82, 2.24) is 5.32 Å². The number of aliphatic carboxylic acids is 1. The SMILES string of the molecule is CC1=C(C)C(=O)C(CC[C@]2(C(=O)N[C@H](CCCN)C(=O)O)CO2)=C(C)C1=O. The Morgan fingerprint density at radius 1 is 1.19 bits per heavy atom. The van der Waals surface area contributed by atoms with Gasteiger partial charge in [-0.2, -0.15) is 0 Å². The van der Waals surface area contributed by atoms with Gasteiger partial charge in [0.25, 0.3) is 5.91 Å². The van der Waals surface area contributed by atoms with Gasteiger partial charge in [0.15, 0.2) is 17.2 Å². The molecule has 0 unspecified atom stereocenters. The number of allylic oxidation sites excluding steroid dienone is 4. The van der Waals surface area contributed by atoms with Gasteiger partial charge in [-0.05, 0) is 53.0 Å². The monoisotopic (exact) mass is 378 g/mol. The topological polar surface area (TPSA) is 139 Å². The Morgan fingerprint density at radius 3 is 2.30 bits per heavy atom. The third-order valence-corrected chi connectivity index (χ3v) is 5.30. The molecule has 1 aliphatic heterocycles. The molecule has 4 N–H and O–H groups in total. The lowest BCUT2D eigenvalue weighted by molar-refractivity contribution is -0.143. The van der Waals surface area contributed by atoms with Crippen LogP contribution in [0.25, 0.3) is 0 Å². The fourth-order valence-electron chi connectivity index (χ4n) is 3.13. The Morgan fingerprint density at radius 2 is 1.78 bits per heavy atom. The molecule has 2 aliphatic rings. The molecule has 0 spiro atoms. The van der Waals surface area contributed by atoms with Gasteiger partial charge >= 0.3 is 5.97 Å². The molecule has 1 heterocycles. The summed E-state index contributed by atoms with van der Waals surface area (Å²) in [6.45, 7) is 5.34. The van der Waals surface area contributed by atoms with Crippen LogP contribution in [0.1, 0.15) is 46.5 Å². The second-order valence-corrected chi connectivity index (χ2v) is 7.09. The van der Waals surface area contributed by atoms with Gasteiger partial charge in [0.2, 0.25) is 0 Å². The number of carboxylic acids is 1. The molecule has 8 nitrogen and oxygen atoms in total. The highest BCUT2D eigenvalue weighted by Crippen LogP contribution is 2.36. The Balaban J connectivity index is 2.05. The highest BCUT2D eigenvalue weighted by molar-refractivity contribution is 6.24. The van der Waals surface area contributed by atoms with Crippen LogP contribution < -0.4 is 11.1 Å². The number of hydrogen-bond donors (Lipinski definition) is 3. The number of ketones is 2. The van der Waals surface area contributed by atoms with Gasteiger partial charge in [0, 0.05) is 22.3 Å². The van der Waals surface area contributed by atoms with E-state index in [1.54, 1.807) is 20.8 Å². The van der Waals surface area contributed by atoms with Crippen LogP contribution in [0.2, 0.25) is 0 Å². The molecule has 1 amide bonds. The highest BCUT2D eigenvalue weighted by atomic mass is 16.6. The molecule has 0 saturated carbocycles. The van der Waals surface area contributed by atoms with E-state index in [9.17, 15) is 24.3 Å². The molecule has 0 aromatic rings. The van der Waals surface area contributed by atoms with Gasteiger partial charge in [0.05, 0.1) is 6.61 Å². The lowest BCUT2D eigenvalue weighted by atomic mass is 9.83. The highest BCUT2D eigenvalue weighted by Gasteiger charge is 2.52. The summed E-state index contributed by atoms with van der Waals surface area (Å²) in [6, 6.07) is -1.03. The predicted molar refractivity (Wildman–Crippen MR) is 96.9 cm³/mol. The second-order valence-electron chi connectivity index (χ2n) is 7.09. The first-order chi connectivity index (χ1) is 12.6. The predicted octanol–water partition coefficient (Wildman–Crippen LogP) is 0.649. The van der Waals surface area contributed by atoms with Gasteiger partial charge in [-0.1, -0.05) is 0 Å². The fourth-order valence-corrected chi connectivity index (χ4v) is 3.13. The summed E-state index contributed by atoms with van der Waals surface area (Å²) in [5.41, 5.74) is 5.91. The van der Waals surface area contributed by atoms with Crippen LogP contribution in [0.15, 0.2) is 22.3 Å².